The predicted molar refractivity (Wildman–Crippen MR) is 501 cm³/mol. The Morgan fingerprint density at radius 1 is 0.153 bits per heavy atom. The fourth-order valence-electron chi connectivity index (χ4n) is 20.9. The van der Waals surface area contributed by atoms with Crippen LogP contribution in [0.15, 0.2) is 433 Å². The number of rotatable bonds is 8. The van der Waals surface area contributed by atoms with Gasteiger partial charge in [0.1, 0.15) is 22.3 Å². The third kappa shape index (κ3) is 10.6. The van der Waals surface area contributed by atoms with Gasteiger partial charge in [0, 0.05) is 43.8 Å². The summed E-state index contributed by atoms with van der Waals surface area (Å²) in [4.78, 5) is 32.4. The largest absolute Gasteiger partial charge is 0.455 e. The molecule has 0 saturated heterocycles. The van der Waals surface area contributed by atoms with E-state index in [4.69, 9.17) is 38.7 Å². The van der Waals surface area contributed by atoms with Gasteiger partial charge in [-0.05, 0) is 164 Å². The Bertz CT molecular complexity index is 8030. The Hall–Kier alpha value is -16.4. The van der Waals surface area contributed by atoms with E-state index in [0.29, 0.717) is 34.9 Å². The lowest BCUT2D eigenvalue weighted by Crippen LogP contribution is -2.29. The summed E-state index contributed by atoms with van der Waals surface area (Å²) in [5.41, 5.74) is 36.0. The number of nitrogens with zero attached hydrogens (tertiary/aromatic N) is 6. The average Bonchev–Trinajstić information content (AvgIpc) is 1.52. The quantitative estimate of drug-likeness (QED) is 0.148. The van der Waals surface area contributed by atoms with Crippen LogP contribution in [0.5, 0.6) is 0 Å². The Labute approximate surface area is 715 Å². The second-order valence-electron chi connectivity index (χ2n) is 32.4. The van der Waals surface area contributed by atoms with E-state index < -0.39 is 10.8 Å². The van der Waals surface area contributed by atoms with Gasteiger partial charge in [0.2, 0.25) is 0 Å². The lowest BCUT2D eigenvalue weighted by molar-refractivity contribution is 0.669. The first-order chi connectivity index (χ1) is 61.5. The zero-order chi connectivity index (χ0) is 81.6. The molecule has 0 bridgehead atoms. The van der Waals surface area contributed by atoms with Crippen LogP contribution in [0.4, 0.5) is 0 Å². The molecule has 0 N–H and O–H groups in total. The number of furan rings is 2. The highest BCUT2D eigenvalue weighted by atomic mass is 16.3. The maximum Gasteiger partial charge on any atom is 0.167 e. The summed E-state index contributed by atoms with van der Waals surface area (Å²) in [6.07, 6.45) is 0. The fourth-order valence-corrected chi connectivity index (χ4v) is 20.9. The maximum absolute atomic E-state index is 6.62. The molecule has 124 heavy (non-hydrogen) atoms. The fraction of sp³-hybridized carbons (Fsp3) is 0.0172. The van der Waals surface area contributed by atoms with Crippen LogP contribution in [0, 0.1) is 0 Å². The minimum atomic E-state index is -0.632. The van der Waals surface area contributed by atoms with Crippen molar-refractivity contribution in [2.75, 3.05) is 0 Å². The highest BCUT2D eigenvalue weighted by molar-refractivity contribution is 6.11. The molecule has 2 spiro atoms. The zero-order valence-electron chi connectivity index (χ0n) is 66.9. The highest BCUT2D eigenvalue weighted by Gasteiger charge is 2.53. The minimum Gasteiger partial charge on any atom is -0.455 e. The van der Waals surface area contributed by atoms with Crippen LogP contribution in [0.3, 0.4) is 0 Å². The summed E-state index contributed by atoms with van der Waals surface area (Å²) in [7, 11) is 0. The number of fused-ring (bicyclic) bond motifs is 30. The van der Waals surface area contributed by atoms with E-state index in [2.05, 4.69) is 376 Å². The van der Waals surface area contributed by atoms with E-state index in [1.54, 1.807) is 0 Å². The summed E-state index contributed by atoms with van der Waals surface area (Å²) < 4.78 is 13.2. The molecule has 8 nitrogen and oxygen atoms in total. The van der Waals surface area contributed by atoms with E-state index >= 15 is 0 Å². The van der Waals surface area contributed by atoms with E-state index in [0.717, 1.165) is 111 Å². The number of hydrogen-bond acceptors (Lipinski definition) is 8. The SMILES string of the molecule is c1ccc(-c2cccc(-c3nc(-c4cccc5c4-c4ccccc4C54c5ccccc5-c5ccccc5-c5ccccc54)nc(-c4cccc5c4oc4ccccc45)n3)c2)cc1.c1ccc(-c2ccccc2-c2nc(-c3cccc4c3-c3ccccc3C43c4ccccc4-c4ccccc4-c4ccccc43)nc(-c3cccc4c3oc3ccccc34)n2)cc1. The molecule has 4 aliphatic rings. The first-order valence-electron chi connectivity index (χ1n) is 42.2. The monoisotopic (exact) mass is 1580 g/mol. The summed E-state index contributed by atoms with van der Waals surface area (Å²) in [6.45, 7) is 0. The maximum atomic E-state index is 6.62. The molecule has 4 aromatic heterocycles. The molecule has 0 atom stereocenters. The van der Waals surface area contributed by atoms with Crippen molar-refractivity contribution in [1.82, 2.24) is 29.9 Å². The van der Waals surface area contributed by atoms with Gasteiger partial charge in [-0.3, -0.25) is 0 Å². The van der Waals surface area contributed by atoms with Gasteiger partial charge in [-0.1, -0.05) is 394 Å². The number of para-hydroxylation sites is 4. The summed E-state index contributed by atoms with van der Waals surface area (Å²) in [5.74, 6) is 3.50. The minimum absolute atomic E-state index is 0.553. The Balaban J connectivity index is 0.000000136. The molecule has 26 rings (SSSR count). The summed E-state index contributed by atoms with van der Waals surface area (Å²) in [6, 6.07) is 152. The Kier molecular flexibility index (Phi) is 16.0. The molecule has 0 unspecified atom stereocenters. The molecule has 18 aromatic carbocycles. The molecule has 0 radical (unpaired) electrons. The predicted octanol–water partition coefficient (Wildman–Crippen LogP) is 28.9. The highest BCUT2D eigenvalue weighted by Crippen LogP contribution is 2.65. The second kappa shape index (κ2) is 28.1. The number of benzene rings is 18. The zero-order valence-corrected chi connectivity index (χ0v) is 66.9. The number of hydrogen-bond donors (Lipinski definition) is 0. The standard InChI is InChI=1S/2C58H35N3O/c1-2-18-36(19-3-1)37-20-4-7-26-44(37)55-59-56(61-57(60-55)47-30-16-28-43-42-25-11-15-35-52(42)62-54(43)47)46-29-17-34-51-53(46)45-27-10-14-33-50(45)58(51)48-31-12-8-23-40(48)38-21-5-6-22-39(38)41-24-9-13-32-49(41)58;1-2-17-36(18-3-1)37-19-14-20-38(35-37)55-59-56(61-57(60-55)47-29-15-27-44-43-25-9-13-34-52(43)62-54(44)47)46-28-16-33-51-53(46)45-26-8-12-32-50(45)58(51)48-30-10-6-23-41(48)39-21-4-5-22-40(39)42-24-7-11-31-49(42)58/h2*1-35H. The van der Waals surface area contributed by atoms with E-state index in [1.807, 2.05) is 48.5 Å². The number of aromatic nitrogens is 6. The lowest BCUT2D eigenvalue weighted by atomic mass is 9.66. The summed E-state index contributed by atoms with van der Waals surface area (Å²) in [5, 5.41) is 4.16. The van der Waals surface area contributed by atoms with Gasteiger partial charge in [-0.2, -0.15) is 0 Å². The first-order valence-corrected chi connectivity index (χ1v) is 42.2. The average molecular weight is 1580 g/mol. The van der Waals surface area contributed by atoms with Crippen LogP contribution in [-0.2, 0) is 10.8 Å². The second-order valence-corrected chi connectivity index (χ2v) is 32.4. The third-order valence-electron chi connectivity index (χ3n) is 26.0. The third-order valence-corrected chi connectivity index (χ3v) is 26.0. The van der Waals surface area contributed by atoms with Crippen molar-refractivity contribution in [1.29, 1.82) is 0 Å². The molecule has 22 aromatic rings. The van der Waals surface area contributed by atoms with Gasteiger partial charge in [0.05, 0.1) is 22.0 Å². The van der Waals surface area contributed by atoms with Gasteiger partial charge in [0.15, 0.2) is 34.9 Å². The van der Waals surface area contributed by atoms with Crippen LogP contribution in [0.25, 0.3) is 201 Å². The van der Waals surface area contributed by atoms with Gasteiger partial charge in [-0.15, -0.1) is 0 Å². The molecule has 576 valence electrons. The molecule has 0 aliphatic heterocycles. The van der Waals surface area contributed by atoms with E-state index in [-0.39, 0.29) is 0 Å². The van der Waals surface area contributed by atoms with Crippen molar-refractivity contribution in [3.63, 3.8) is 0 Å². The van der Waals surface area contributed by atoms with Gasteiger partial charge in [-0.25, -0.2) is 29.9 Å². The molecule has 0 saturated carbocycles. The van der Waals surface area contributed by atoms with Crippen molar-refractivity contribution >= 4 is 43.9 Å². The van der Waals surface area contributed by atoms with E-state index in [9.17, 15) is 0 Å². The van der Waals surface area contributed by atoms with Crippen LogP contribution in [0.1, 0.15) is 44.5 Å². The van der Waals surface area contributed by atoms with Crippen LogP contribution in [0.2, 0.25) is 0 Å². The molecule has 8 heteroatoms. The van der Waals surface area contributed by atoms with Crippen molar-refractivity contribution in [3.8, 4) is 157 Å². The molecule has 0 amide bonds. The van der Waals surface area contributed by atoms with Crippen molar-refractivity contribution in [2.24, 2.45) is 0 Å². The molecular formula is C116H70N6O2. The molecular weight excluding hydrogens is 1510 g/mol. The topological polar surface area (TPSA) is 104 Å². The van der Waals surface area contributed by atoms with Crippen molar-refractivity contribution in [2.45, 2.75) is 10.8 Å². The normalized spacial score (nSPS) is 13.0. The van der Waals surface area contributed by atoms with Gasteiger partial charge in [0.25, 0.3) is 0 Å². The van der Waals surface area contributed by atoms with Crippen LogP contribution < -0.4 is 0 Å². The van der Waals surface area contributed by atoms with Gasteiger partial charge < -0.3 is 8.83 Å². The van der Waals surface area contributed by atoms with Crippen LogP contribution >= 0.6 is 0 Å². The Morgan fingerprint density at radius 2 is 0.411 bits per heavy atom. The van der Waals surface area contributed by atoms with Crippen molar-refractivity contribution in [3.05, 3.63) is 469 Å². The van der Waals surface area contributed by atoms with Gasteiger partial charge >= 0.3 is 0 Å². The summed E-state index contributed by atoms with van der Waals surface area (Å²) >= 11 is 0. The molecule has 0 fully saturated rings. The van der Waals surface area contributed by atoms with Crippen molar-refractivity contribution < 1.29 is 8.83 Å². The lowest BCUT2D eigenvalue weighted by Gasteiger charge is -2.35. The molecule has 4 aliphatic carbocycles. The van der Waals surface area contributed by atoms with Crippen LogP contribution in [-0.4, -0.2) is 29.9 Å². The Morgan fingerprint density at radius 3 is 0.839 bits per heavy atom. The smallest absolute Gasteiger partial charge is 0.167 e. The molecule has 4 heterocycles. The van der Waals surface area contributed by atoms with E-state index in [1.165, 1.54) is 100 Å². The first kappa shape index (κ1) is 70.6.